The van der Waals surface area contributed by atoms with E-state index in [9.17, 15) is 18.3 Å². The normalized spacial score (nSPS) is 13.2. The van der Waals surface area contributed by atoms with Crippen LogP contribution in [0.1, 0.15) is 22.8 Å². The van der Waals surface area contributed by atoms with Crippen LogP contribution >= 0.6 is 0 Å². The Bertz CT molecular complexity index is 628. The summed E-state index contributed by atoms with van der Waals surface area (Å²) >= 11 is 0. The van der Waals surface area contributed by atoms with Gasteiger partial charge >= 0.3 is 6.18 Å². The van der Waals surface area contributed by atoms with E-state index < -0.39 is 17.8 Å². The summed E-state index contributed by atoms with van der Waals surface area (Å²) in [4.78, 5) is 3.79. The van der Waals surface area contributed by atoms with Crippen molar-refractivity contribution in [2.75, 3.05) is 11.5 Å². The van der Waals surface area contributed by atoms with Crippen LogP contribution in [0.2, 0.25) is 0 Å². The van der Waals surface area contributed by atoms with Crippen molar-refractivity contribution in [3.05, 3.63) is 53.3 Å². The lowest BCUT2D eigenvalue weighted by Gasteiger charge is -2.17. The Hall–Kier alpha value is -2.28. The Kier molecular flexibility index (Phi) is 3.54. The topological polar surface area (TPSA) is 85.2 Å². The van der Waals surface area contributed by atoms with Crippen LogP contribution in [0.15, 0.2) is 36.7 Å². The molecular weight excluding hydrogens is 271 g/mol. The molecule has 0 saturated heterocycles. The average molecular weight is 283 g/mol. The number of halogens is 3. The fraction of sp³-hybridized carbons (Fsp3) is 0.154. The number of alkyl halides is 3. The highest BCUT2D eigenvalue weighted by molar-refractivity contribution is 5.56. The molecule has 2 aromatic rings. The van der Waals surface area contributed by atoms with Crippen LogP contribution in [0, 0.1) is 0 Å². The van der Waals surface area contributed by atoms with Gasteiger partial charge in [0.1, 0.15) is 6.10 Å². The fourth-order valence-electron chi connectivity index (χ4n) is 1.80. The third-order valence-corrected chi connectivity index (χ3v) is 2.89. The Labute approximate surface area is 112 Å². The maximum Gasteiger partial charge on any atom is 0.416 e. The number of hydrogen-bond acceptors (Lipinski definition) is 4. The van der Waals surface area contributed by atoms with Crippen LogP contribution in [-0.2, 0) is 6.18 Å². The molecule has 0 saturated carbocycles. The molecule has 0 aliphatic heterocycles. The first-order valence-electron chi connectivity index (χ1n) is 5.64. The highest BCUT2D eigenvalue weighted by Gasteiger charge is 2.31. The first-order chi connectivity index (χ1) is 9.30. The van der Waals surface area contributed by atoms with Crippen molar-refractivity contribution in [1.82, 2.24) is 4.98 Å². The Morgan fingerprint density at radius 1 is 1.05 bits per heavy atom. The number of aromatic nitrogens is 1. The van der Waals surface area contributed by atoms with Gasteiger partial charge in [0.05, 0.1) is 5.56 Å². The quantitative estimate of drug-likeness (QED) is 0.738. The molecule has 7 heteroatoms. The van der Waals surface area contributed by atoms with Gasteiger partial charge < -0.3 is 16.6 Å². The fourth-order valence-corrected chi connectivity index (χ4v) is 1.80. The van der Waals surface area contributed by atoms with Gasteiger partial charge in [-0.15, -0.1) is 0 Å². The number of nitrogens with zero attached hydrogens (tertiary/aromatic N) is 1. The first kappa shape index (κ1) is 14.1. The SMILES string of the molecule is Nc1ccncc1C(O)c1cc(C(F)(F)F)ccc1N. The van der Waals surface area contributed by atoms with E-state index in [4.69, 9.17) is 11.5 Å². The molecule has 0 aliphatic rings. The standard InChI is InChI=1S/C13H12F3N3O/c14-13(15,16)7-1-2-10(17)8(5-7)12(20)9-6-19-4-3-11(9)18/h1-6,12,20H,17H2,(H2,18,19). The van der Waals surface area contributed by atoms with Gasteiger partial charge in [0, 0.05) is 34.9 Å². The van der Waals surface area contributed by atoms with E-state index in [-0.39, 0.29) is 22.5 Å². The van der Waals surface area contributed by atoms with Crippen LogP contribution in [0.4, 0.5) is 24.5 Å². The third kappa shape index (κ3) is 2.67. The van der Waals surface area contributed by atoms with Crippen molar-refractivity contribution in [1.29, 1.82) is 0 Å². The molecule has 0 aliphatic carbocycles. The molecule has 1 heterocycles. The summed E-state index contributed by atoms with van der Waals surface area (Å²) in [5.41, 5.74) is 10.8. The third-order valence-electron chi connectivity index (χ3n) is 2.89. The maximum atomic E-state index is 12.7. The van der Waals surface area contributed by atoms with Gasteiger partial charge in [-0.25, -0.2) is 0 Å². The van der Waals surface area contributed by atoms with Gasteiger partial charge in [-0.1, -0.05) is 0 Å². The Morgan fingerprint density at radius 2 is 1.70 bits per heavy atom. The van der Waals surface area contributed by atoms with Crippen LogP contribution < -0.4 is 11.5 Å². The van der Waals surface area contributed by atoms with Crippen molar-refractivity contribution in [2.24, 2.45) is 0 Å². The zero-order valence-corrected chi connectivity index (χ0v) is 10.2. The molecule has 0 amide bonds. The van der Waals surface area contributed by atoms with Crippen molar-refractivity contribution in [2.45, 2.75) is 12.3 Å². The number of aliphatic hydroxyl groups excluding tert-OH is 1. The number of benzene rings is 1. The molecule has 20 heavy (non-hydrogen) atoms. The van der Waals surface area contributed by atoms with Gasteiger partial charge in [-0.2, -0.15) is 13.2 Å². The Balaban J connectivity index is 2.50. The molecule has 1 atom stereocenters. The van der Waals surface area contributed by atoms with Gasteiger partial charge in [0.2, 0.25) is 0 Å². The maximum absolute atomic E-state index is 12.7. The van der Waals surface area contributed by atoms with E-state index in [2.05, 4.69) is 4.98 Å². The molecule has 106 valence electrons. The molecular formula is C13H12F3N3O. The second-order valence-corrected chi connectivity index (χ2v) is 4.25. The van der Waals surface area contributed by atoms with Crippen LogP contribution in [0.3, 0.4) is 0 Å². The Morgan fingerprint density at radius 3 is 2.30 bits per heavy atom. The van der Waals surface area contributed by atoms with Gasteiger partial charge in [-0.3, -0.25) is 4.98 Å². The zero-order valence-electron chi connectivity index (χ0n) is 10.2. The second kappa shape index (κ2) is 5.01. The molecule has 2 rings (SSSR count). The molecule has 0 radical (unpaired) electrons. The van der Waals surface area contributed by atoms with Crippen LogP contribution in [0.25, 0.3) is 0 Å². The molecule has 1 aromatic carbocycles. The molecule has 1 aromatic heterocycles. The summed E-state index contributed by atoms with van der Waals surface area (Å²) in [6.45, 7) is 0. The molecule has 5 N–H and O–H groups in total. The molecule has 4 nitrogen and oxygen atoms in total. The lowest BCUT2D eigenvalue weighted by atomic mass is 9.98. The van der Waals surface area contributed by atoms with E-state index in [1.165, 1.54) is 18.5 Å². The smallest absolute Gasteiger partial charge is 0.398 e. The summed E-state index contributed by atoms with van der Waals surface area (Å²) in [5, 5.41) is 10.2. The van der Waals surface area contributed by atoms with E-state index >= 15 is 0 Å². The minimum absolute atomic E-state index is 0.0498. The highest BCUT2D eigenvalue weighted by Crippen LogP contribution is 2.35. The first-order valence-corrected chi connectivity index (χ1v) is 5.64. The second-order valence-electron chi connectivity index (χ2n) is 4.25. The highest BCUT2D eigenvalue weighted by atomic mass is 19.4. The number of aliphatic hydroxyl groups is 1. The van der Waals surface area contributed by atoms with Gasteiger partial charge in [-0.05, 0) is 24.3 Å². The summed E-state index contributed by atoms with van der Waals surface area (Å²) < 4.78 is 38.1. The predicted molar refractivity (Wildman–Crippen MR) is 68.6 cm³/mol. The summed E-state index contributed by atoms with van der Waals surface area (Å²) in [5.74, 6) is 0. The predicted octanol–water partition coefficient (Wildman–Crippen LogP) is 2.35. The number of hydrogen-bond donors (Lipinski definition) is 3. The monoisotopic (exact) mass is 283 g/mol. The molecule has 0 fully saturated rings. The van der Waals surface area contributed by atoms with Crippen molar-refractivity contribution >= 4 is 11.4 Å². The van der Waals surface area contributed by atoms with E-state index in [1.54, 1.807) is 0 Å². The molecule has 0 bridgehead atoms. The average Bonchev–Trinajstić information content (AvgIpc) is 2.37. The molecule has 1 unspecified atom stereocenters. The van der Waals surface area contributed by atoms with Crippen molar-refractivity contribution in [3.63, 3.8) is 0 Å². The summed E-state index contributed by atoms with van der Waals surface area (Å²) in [6.07, 6.45) is -3.17. The number of nitrogen functional groups attached to an aromatic ring is 2. The van der Waals surface area contributed by atoms with Crippen LogP contribution in [-0.4, -0.2) is 10.1 Å². The molecule has 0 spiro atoms. The lowest BCUT2D eigenvalue weighted by Crippen LogP contribution is -2.11. The minimum atomic E-state index is -4.51. The minimum Gasteiger partial charge on any atom is -0.398 e. The van der Waals surface area contributed by atoms with Crippen molar-refractivity contribution < 1.29 is 18.3 Å². The van der Waals surface area contributed by atoms with Crippen molar-refractivity contribution in [3.8, 4) is 0 Å². The summed E-state index contributed by atoms with van der Waals surface area (Å²) in [6, 6.07) is 4.22. The van der Waals surface area contributed by atoms with E-state index in [0.717, 1.165) is 18.2 Å². The van der Waals surface area contributed by atoms with E-state index in [0.29, 0.717) is 0 Å². The largest absolute Gasteiger partial charge is 0.416 e. The lowest BCUT2D eigenvalue weighted by molar-refractivity contribution is -0.137. The number of pyridine rings is 1. The number of rotatable bonds is 2. The van der Waals surface area contributed by atoms with Gasteiger partial charge in [0.15, 0.2) is 0 Å². The summed E-state index contributed by atoms with van der Waals surface area (Å²) in [7, 11) is 0. The number of anilines is 2. The number of nitrogens with two attached hydrogens (primary N) is 2. The van der Waals surface area contributed by atoms with E-state index in [1.807, 2.05) is 0 Å². The zero-order chi connectivity index (χ0) is 14.9. The van der Waals surface area contributed by atoms with Crippen LogP contribution in [0.5, 0.6) is 0 Å². The van der Waals surface area contributed by atoms with Gasteiger partial charge in [0.25, 0.3) is 0 Å².